The summed E-state index contributed by atoms with van der Waals surface area (Å²) in [4.78, 5) is 12.1. The number of anilines is 1. The average Bonchev–Trinajstić information content (AvgIpc) is 2.54. The van der Waals surface area contributed by atoms with Crippen molar-refractivity contribution in [1.82, 2.24) is 5.32 Å². The summed E-state index contributed by atoms with van der Waals surface area (Å²) in [5.41, 5.74) is 7.43. The van der Waals surface area contributed by atoms with Crippen LogP contribution in [0.25, 0.3) is 0 Å². The molecule has 5 nitrogen and oxygen atoms in total. The third kappa shape index (κ3) is 3.62. The fourth-order valence-corrected chi connectivity index (χ4v) is 2.08. The van der Waals surface area contributed by atoms with E-state index in [2.05, 4.69) is 5.32 Å². The SMILES string of the molecule is COc1ccc(CNC(=O)c2ccc(Cl)c(N)c2)cc1OC. The van der Waals surface area contributed by atoms with Crippen molar-refractivity contribution in [2.24, 2.45) is 0 Å². The summed E-state index contributed by atoms with van der Waals surface area (Å²) < 4.78 is 10.4. The number of nitrogens with one attached hydrogen (secondary N) is 1. The molecule has 2 rings (SSSR count). The third-order valence-electron chi connectivity index (χ3n) is 3.16. The van der Waals surface area contributed by atoms with Gasteiger partial charge in [0.2, 0.25) is 0 Å². The fraction of sp³-hybridized carbons (Fsp3) is 0.188. The molecule has 0 unspecified atom stereocenters. The van der Waals surface area contributed by atoms with Gasteiger partial charge in [0.05, 0.1) is 24.9 Å². The first-order chi connectivity index (χ1) is 10.5. The standard InChI is InChI=1S/C16H17ClN2O3/c1-21-14-6-3-10(7-15(14)22-2)9-19-16(20)11-4-5-12(17)13(18)8-11/h3-8H,9,18H2,1-2H3,(H,19,20). The van der Waals surface area contributed by atoms with E-state index in [1.54, 1.807) is 38.5 Å². The Morgan fingerprint density at radius 1 is 1.14 bits per heavy atom. The van der Waals surface area contributed by atoms with E-state index in [1.165, 1.54) is 0 Å². The molecule has 0 radical (unpaired) electrons. The van der Waals surface area contributed by atoms with Gasteiger partial charge in [0.15, 0.2) is 11.5 Å². The van der Waals surface area contributed by atoms with Crippen LogP contribution in [-0.2, 0) is 6.54 Å². The molecule has 1 amide bonds. The number of carbonyl (C=O) groups is 1. The monoisotopic (exact) mass is 320 g/mol. The molecule has 0 bridgehead atoms. The number of amides is 1. The minimum atomic E-state index is -0.224. The van der Waals surface area contributed by atoms with Crippen LogP contribution in [0.2, 0.25) is 5.02 Å². The summed E-state index contributed by atoms with van der Waals surface area (Å²) in [6, 6.07) is 10.2. The molecule has 2 aromatic rings. The van der Waals surface area contributed by atoms with Crippen LogP contribution in [0.5, 0.6) is 11.5 Å². The summed E-state index contributed by atoms with van der Waals surface area (Å²) in [5, 5.41) is 3.24. The quantitative estimate of drug-likeness (QED) is 0.831. The van der Waals surface area contributed by atoms with E-state index >= 15 is 0 Å². The Hall–Kier alpha value is -2.40. The molecule has 0 fully saturated rings. The van der Waals surface area contributed by atoms with Gasteiger partial charge in [-0.1, -0.05) is 17.7 Å². The lowest BCUT2D eigenvalue weighted by Gasteiger charge is -2.10. The van der Waals surface area contributed by atoms with Gasteiger partial charge in [-0.05, 0) is 35.9 Å². The molecular weight excluding hydrogens is 304 g/mol. The molecule has 0 aliphatic carbocycles. The first-order valence-electron chi connectivity index (χ1n) is 6.59. The second kappa shape index (κ2) is 7.04. The van der Waals surface area contributed by atoms with Gasteiger partial charge >= 0.3 is 0 Å². The molecule has 6 heteroatoms. The number of ether oxygens (including phenoxy) is 2. The summed E-state index contributed by atoms with van der Waals surface area (Å²) in [5.74, 6) is 1.03. The van der Waals surface area contributed by atoms with Crippen molar-refractivity contribution < 1.29 is 14.3 Å². The van der Waals surface area contributed by atoms with E-state index in [0.29, 0.717) is 34.3 Å². The number of hydrogen-bond acceptors (Lipinski definition) is 4. The highest BCUT2D eigenvalue weighted by Gasteiger charge is 2.09. The van der Waals surface area contributed by atoms with Crippen molar-refractivity contribution in [3.8, 4) is 11.5 Å². The Morgan fingerprint density at radius 3 is 2.50 bits per heavy atom. The van der Waals surface area contributed by atoms with E-state index in [1.807, 2.05) is 12.1 Å². The summed E-state index contributed by atoms with van der Waals surface area (Å²) in [7, 11) is 3.14. The smallest absolute Gasteiger partial charge is 0.251 e. The van der Waals surface area contributed by atoms with Crippen LogP contribution in [0.4, 0.5) is 5.69 Å². The van der Waals surface area contributed by atoms with Crippen LogP contribution >= 0.6 is 11.6 Å². The van der Waals surface area contributed by atoms with E-state index < -0.39 is 0 Å². The second-order valence-electron chi connectivity index (χ2n) is 4.61. The Bertz CT molecular complexity index is 689. The minimum absolute atomic E-state index is 0.224. The lowest BCUT2D eigenvalue weighted by atomic mass is 10.1. The first kappa shape index (κ1) is 16.0. The van der Waals surface area contributed by atoms with Crippen molar-refractivity contribution in [3.05, 3.63) is 52.5 Å². The highest BCUT2D eigenvalue weighted by Crippen LogP contribution is 2.27. The summed E-state index contributed by atoms with van der Waals surface area (Å²) >= 11 is 5.84. The topological polar surface area (TPSA) is 73.6 Å². The van der Waals surface area contributed by atoms with Gasteiger partial charge in [0.25, 0.3) is 5.91 Å². The number of rotatable bonds is 5. The molecule has 0 aromatic heterocycles. The van der Waals surface area contributed by atoms with Crippen LogP contribution < -0.4 is 20.5 Å². The van der Waals surface area contributed by atoms with Crippen molar-refractivity contribution in [3.63, 3.8) is 0 Å². The Kier molecular flexibility index (Phi) is 5.12. The highest BCUT2D eigenvalue weighted by atomic mass is 35.5. The fourth-order valence-electron chi connectivity index (χ4n) is 1.96. The zero-order valence-corrected chi connectivity index (χ0v) is 13.1. The number of benzene rings is 2. The molecule has 0 atom stereocenters. The maximum atomic E-state index is 12.1. The molecule has 3 N–H and O–H groups in total. The molecule has 0 spiro atoms. The lowest BCUT2D eigenvalue weighted by Crippen LogP contribution is -2.22. The van der Waals surface area contributed by atoms with Gasteiger partial charge in [-0.15, -0.1) is 0 Å². The maximum Gasteiger partial charge on any atom is 0.251 e. The van der Waals surface area contributed by atoms with Gasteiger partial charge in [-0.2, -0.15) is 0 Å². The Morgan fingerprint density at radius 2 is 1.86 bits per heavy atom. The van der Waals surface area contributed by atoms with Crippen LogP contribution in [0.3, 0.4) is 0 Å². The molecule has 22 heavy (non-hydrogen) atoms. The largest absolute Gasteiger partial charge is 0.493 e. The van der Waals surface area contributed by atoms with E-state index in [4.69, 9.17) is 26.8 Å². The molecule has 0 heterocycles. The highest BCUT2D eigenvalue weighted by molar-refractivity contribution is 6.33. The Balaban J connectivity index is 2.06. The molecular formula is C16H17ClN2O3. The van der Waals surface area contributed by atoms with Crippen molar-refractivity contribution in [2.45, 2.75) is 6.54 Å². The zero-order chi connectivity index (χ0) is 16.1. The predicted octanol–water partition coefficient (Wildman–Crippen LogP) is 2.87. The van der Waals surface area contributed by atoms with E-state index in [-0.39, 0.29) is 5.91 Å². The number of hydrogen-bond donors (Lipinski definition) is 2. The zero-order valence-electron chi connectivity index (χ0n) is 12.4. The van der Waals surface area contributed by atoms with Gasteiger partial charge in [-0.3, -0.25) is 4.79 Å². The molecule has 0 aliphatic rings. The lowest BCUT2D eigenvalue weighted by molar-refractivity contribution is 0.0951. The first-order valence-corrected chi connectivity index (χ1v) is 6.97. The number of carbonyl (C=O) groups excluding carboxylic acids is 1. The molecule has 0 saturated carbocycles. The number of nitrogens with two attached hydrogens (primary N) is 1. The predicted molar refractivity (Wildman–Crippen MR) is 86.6 cm³/mol. The van der Waals surface area contributed by atoms with Crippen molar-refractivity contribution >= 4 is 23.2 Å². The van der Waals surface area contributed by atoms with Gasteiger partial charge in [0.1, 0.15) is 0 Å². The second-order valence-corrected chi connectivity index (χ2v) is 5.02. The van der Waals surface area contributed by atoms with E-state index in [9.17, 15) is 4.79 Å². The minimum Gasteiger partial charge on any atom is -0.493 e. The normalized spacial score (nSPS) is 10.1. The molecule has 0 aliphatic heterocycles. The maximum absolute atomic E-state index is 12.1. The summed E-state index contributed by atoms with van der Waals surface area (Å²) in [6.45, 7) is 0.363. The molecule has 0 saturated heterocycles. The summed E-state index contributed by atoms with van der Waals surface area (Å²) in [6.07, 6.45) is 0. The van der Waals surface area contributed by atoms with Gasteiger partial charge in [-0.25, -0.2) is 0 Å². The average molecular weight is 321 g/mol. The number of nitrogen functional groups attached to an aromatic ring is 1. The van der Waals surface area contributed by atoms with Crippen molar-refractivity contribution in [1.29, 1.82) is 0 Å². The van der Waals surface area contributed by atoms with Gasteiger partial charge < -0.3 is 20.5 Å². The number of methoxy groups -OCH3 is 2. The van der Waals surface area contributed by atoms with Crippen LogP contribution in [0.15, 0.2) is 36.4 Å². The Labute approximate surface area is 134 Å². The van der Waals surface area contributed by atoms with Crippen molar-refractivity contribution in [2.75, 3.05) is 20.0 Å². The van der Waals surface area contributed by atoms with Crippen LogP contribution in [-0.4, -0.2) is 20.1 Å². The van der Waals surface area contributed by atoms with Crippen LogP contribution in [0, 0.1) is 0 Å². The van der Waals surface area contributed by atoms with Crippen LogP contribution in [0.1, 0.15) is 15.9 Å². The molecule has 2 aromatic carbocycles. The van der Waals surface area contributed by atoms with Gasteiger partial charge in [0, 0.05) is 12.1 Å². The molecule has 116 valence electrons. The third-order valence-corrected chi connectivity index (χ3v) is 3.50. The van der Waals surface area contributed by atoms with E-state index in [0.717, 1.165) is 5.56 Å². The number of halogens is 1.